The highest BCUT2D eigenvalue weighted by Crippen LogP contribution is 2.14. The van der Waals surface area contributed by atoms with E-state index in [-0.39, 0.29) is 5.57 Å². The SMILES string of the molecule is CCc1ccc(NC(=O)/C(C#N)=C\c2ccc(C)n2C)cc1. The summed E-state index contributed by atoms with van der Waals surface area (Å²) < 4.78 is 1.93. The second-order valence-corrected chi connectivity index (χ2v) is 5.13. The molecule has 1 aromatic carbocycles. The van der Waals surface area contributed by atoms with Crippen LogP contribution in [0.4, 0.5) is 5.69 Å². The van der Waals surface area contributed by atoms with Crippen molar-refractivity contribution in [2.24, 2.45) is 7.05 Å². The van der Waals surface area contributed by atoms with E-state index < -0.39 is 5.91 Å². The van der Waals surface area contributed by atoms with Crippen LogP contribution in [-0.2, 0) is 18.3 Å². The standard InChI is InChI=1S/C18H19N3O/c1-4-14-6-8-16(9-7-14)20-18(22)15(12-19)11-17-10-5-13(2)21(17)3/h5-11H,4H2,1-3H3,(H,20,22)/b15-11-. The predicted molar refractivity (Wildman–Crippen MR) is 88.2 cm³/mol. The fourth-order valence-electron chi connectivity index (χ4n) is 2.10. The second kappa shape index (κ2) is 6.77. The van der Waals surface area contributed by atoms with Gasteiger partial charge in [0.1, 0.15) is 11.6 Å². The molecule has 112 valence electrons. The summed E-state index contributed by atoms with van der Waals surface area (Å²) in [5.41, 5.74) is 3.87. The average molecular weight is 293 g/mol. The smallest absolute Gasteiger partial charge is 0.266 e. The molecule has 2 aromatic rings. The summed E-state index contributed by atoms with van der Waals surface area (Å²) in [6.07, 6.45) is 2.55. The average Bonchev–Trinajstić information content (AvgIpc) is 2.85. The molecule has 1 aromatic heterocycles. The molecule has 4 nitrogen and oxygen atoms in total. The number of hydrogen-bond donors (Lipinski definition) is 1. The maximum absolute atomic E-state index is 12.2. The van der Waals surface area contributed by atoms with Crippen molar-refractivity contribution >= 4 is 17.7 Å². The first kappa shape index (κ1) is 15.6. The van der Waals surface area contributed by atoms with Gasteiger partial charge in [-0.2, -0.15) is 5.26 Å². The van der Waals surface area contributed by atoms with Gasteiger partial charge in [0.2, 0.25) is 0 Å². The van der Waals surface area contributed by atoms with Gasteiger partial charge in [0.05, 0.1) is 0 Å². The van der Waals surface area contributed by atoms with Gasteiger partial charge >= 0.3 is 0 Å². The number of amides is 1. The molecule has 0 saturated heterocycles. The Morgan fingerprint density at radius 2 is 1.95 bits per heavy atom. The number of anilines is 1. The minimum absolute atomic E-state index is 0.0840. The summed E-state index contributed by atoms with van der Waals surface area (Å²) in [6, 6.07) is 13.4. The molecule has 0 aliphatic heterocycles. The van der Waals surface area contributed by atoms with E-state index in [2.05, 4.69) is 12.2 Å². The number of aryl methyl sites for hydroxylation is 2. The zero-order valence-corrected chi connectivity index (χ0v) is 13.1. The molecule has 2 rings (SSSR count). The molecule has 0 unspecified atom stereocenters. The lowest BCUT2D eigenvalue weighted by Crippen LogP contribution is -2.13. The molecule has 22 heavy (non-hydrogen) atoms. The maximum atomic E-state index is 12.2. The minimum Gasteiger partial charge on any atom is -0.348 e. The van der Waals surface area contributed by atoms with E-state index in [0.717, 1.165) is 17.8 Å². The van der Waals surface area contributed by atoms with Crippen LogP contribution in [0, 0.1) is 18.3 Å². The van der Waals surface area contributed by atoms with Gasteiger partial charge in [-0.05, 0) is 49.2 Å². The minimum atomic E-state index is -0.398. The number of nitriles is 1. The molecule has 4 heteroatoms. The van der Waals surface area contributed by atoms with E-state index >= 15 is 0 Å². The molecule has 0 aliphatic rings. The Kier molecular flexibility index (Phi) is 4.80. The number of carbonyl (C=O) groups is 1. The predicted octanol–water partition coefficient (Wildman–Crippen LogP) is 3.44. The quantitative estimate of drug-likeness (QED) is 0.693. The van der Waals surface area contributed by atoms with Gasteiger partial charge in [-0.1, -0.05) is 19.1 Å². The Morgan fingerprint density at radius 1 is 1.27 bits per heavy atom. The largest absolute Gasteiger partial charge is 0.348 e. The fourth-order valence-corrected chi connectivity index (χ4v) is 2.10. The summed E-state index contributed by atoms with van der Waals surface area (Å²) in [4.78, 5) is 12.2. The van der Waals surface area contributed by atoms with E-state index in [1.807, 2.05) is 61.0 Å². The first-order chi connectivity index (χ1) is 10.5. The Labute approximate surface area is 130 Å². The monoisotopic (exact) mass is 293 g/mol. The maximum Gasteiger partial charge on any atom is 0.266 e. The zero-order valence-electron chi connectivity index (χ0n) is 13.1. The Balaban J connectivity index is 2.18. The lowest BCUT2D eigenvalue weighted by Gasteiger charge is -2.06. The molecule has 0 atom stereocenters. The zero-order chi connectivity index (χ0) is 16.1. The van der Waals surface area contributed by atoms with Crippen molar-refractivity contribution < 1.29 is 4.79 Å². The Morgan fingerprint density at radius 3 is 2.45 bits per heavy atom. The van der Waals surface area contributed by atoms with Gasteiger partial charge in [0.25, 0.3) is 5.91 Å². The van der Waals surface area contributed by atoms with Gasteiger partial charge < -0.3 is 9.88 Å². The molecule has 1 heterocycles. The lowest BCUT2D eigenvalue weighted by molar-refractivity contribution is -0.112. The fraction of sp³-hybridized carbons (Fsp3) is 0.222. The number of hydrogen-bond acceptors (Lipinski definition) is 2. The number of nitrogens with one attached hydrogen (secondary N) is 1. The topological polar surface area (TPSA) is 57.8 Å². The van der Waals surface area contributed by atoms with Crippen molar-refractivity contribution in [2.75, 3.05) is 5.32 Å². The first-order valence-corrected chi connectivity index (χ1v) is 7.19. The van der Waals surface area contributed by atoms with E-state index in [0.29, 0.717) is 5.69 Å². The highest BCUT2D eigenvalue weighted by Gasteiger charge is 2.10. The van der Waals surface area contributed by atoms with E-state index in [1.54, 1.807) is 6.08 Å². The van der Waals surface area contributed by atoms with Crippen molar-refractivity contribution in [1.29, 1.82) is 5.26 Å². The molecular formula is C18H19N3O. The molecule has 1 N–H and O–H groups in total. The van der Waals surface area contributed by atoms with E-state index in [9.17, 15) is 10.1 Å². The van der Waals surface area contributed by atoms with E-state index in [4.69, 9.17) is 0 Å². The normalized spacial score (nSPS) is 11.1. The van der Waals surface area contributed by atoms with Crippen LogP contribution in [0.25, 0.3) is 6.08 Å². The van der Waals surface area contributed by atoms with Crippen molar-refractivity contribution in [1.82, 2.24) is 4.57 Å². The Hall–Kier alpha value is -2.80. The van der Waals surface area contributed by atoms with Gasteiger partial charge in [0, 0.05) is 24.1 Å². The molecule has 0 spiro atoms. The van der Waals surface area contributed by atoms with Crippen molar-refractivity contribution in [3.63, 3.8) is 0 Å². The van der Waals surface area contributed by atoms with Crippen molar-refractivity contribution in [2.45, 2.75) is 20.3 Å². The number of benzene rings is 1. The summed E-state index contributed by atoms with van der Waals surface area (Å²) in [5, 5.41) is 12.0. The Bertz CT molecular complexity index is 746. The third-order valence-corrected chi connectivity index (χ3v) is 3.69. The summed E-state index contributed by atoms with van der Waals surface area (Å²) >= 11 is 0. The highest BCUT2D eigenvalue weighted by atomic mass is 16.1. The number of carbonyl (C=O) groups excluding carboxylic acids is 1. The molecule has 0 bridgehead atoms. The summed E-state index contributed by atoms with van der Waals surface area (Å²) in [6.45, 7) is 4.05. The van der Waals surface area contributed by atoms with Gasteiger partial charge in [-0.25, -0.2) is 0 Å². The number of rotatable bonds is 4. The van der Waals surface area contributed by atoms with Crippen LogP contribution in [0.3, 0.4) is 0 Å². The van der Waals surface area contributed by atoms with Crippen LogP contribution in [0.5, 0.6) is 0 Å². The van der Waals surface area contributed by atoms with E-state index in [1.165, 1.54) is 5.56 Å². The number of nitrogens with zero attached hydrogens (tertiary/aromatic N) is 2. The first-order valence-electron chi connectivity index (χ1n) is 7.19. The highest BCUT2D eigenvalue weighted by molar-refractivity contribution is 6.09. The molecule has 1 amide bonds. The van der Waals surface area contributed by atoms with Gasteiger partial charge in [-0.3, -0.25) is 4.79 Å². The molecule has 0 fully saturated rings. The van der Waals surface area contributed by atoms with Crippen LogP contribution in [0.15, 0.2) is 42.0 Å². The van der Waals surface area contributed by atoms with Crippen LogP contribution >= 0.6 is 0 Å². The second-order valence-electron chi connectivity index (χ2n) is 5.13. The van der Waals surface area contributed by atoms with Crippen LogP contribution in [0.1, 0.15) is 23.9 Å². The van der Waals surface area contributed by atoms with Gasteiger partial charge in [-0.15, -0.1) is 0 Å². The van der Waals surface area contributed by atoms with Crippen molar-refractivity contribution in [3.8, 4) is 6.07 Å². The number of aromatic nitrogens is 1. The van der Waals surface area contributed by atoms with Crippen molar-refractivity contribution in [3.05, 3.63) is 58.9 Å². The van der Waals surface area contributed by atoms with Crippen LogP contribution in [0.2, 0.25) is 0 Å². The van der Waals surface area contributed by atoms with Crippen LogP contribution < -0.4 is 5.32 Å². The lowest BCUT2D eigenvalue weighted by atomic mass is 10.1. The third-order valence-electron chi connectivity index (χ3n) is 3.69. The van der Waals surface area contributed by atoms with Gasteiger partial charge in [0.15, 0.2) is 0 Å². The molecule has 0 aliphatic carbocycles. The summed E-state index contributed by atoms with van der Waals surface area (Å²) in [5.74, 6) is -0.398. The van der Waals surface area contributed by atoms with Crippen LogP contribution in [-0.4, -0.2) is 10.5 Å². The molecule has 0 radical (unpaired) electrons. The summed E-state index contributed by atoms with van der Waals surface area (Å²) in [7, 11) is 1.90. The molecular weight excluding hydrogens is 274 g/mol. The third kappa shape index (κ3) is 3.44. The molecule has 0 saturated carbocycles.